The molecule has 6 rings (SSSR count). The summed E-state index contributed by atoms with van der Waals surface area (Å²) in [6.07, 6.45) is 14.8. The van der Waals surface area contributed by atoms with Crippen LogP contribution in [0.15, 0.2) is 34.7 Å². The van der Waals surface area contributed by atoms with Crippen molar-refractivity contribution in [3.63, 3.8) is 0 Å². The van der Waals surface area contributed by atoms with Crippen molar-refractivity contribution in [1.82, 2.24) is 4.90 Å². The second kappa shape index (κ2) is 8.41. The number of fused-ring (bicyclic) bond motifs is 2. The molecule has 0 aromatic rings. The van der Waals surface area contributed by atoms with Gasteiger partial charge in [-0.05, 0) is 57.4 Å². The number of carbonyl (C=O) groups is 1. The van der Waals surface area contributed by atoms with E-state index in [1.54, 1.807) is 14.0 Å². The van der Waals surface area contributed by atoms with Crippen molar-refractivity contribution in [2.45, 2.75) is 108 Å². The van der Waals surface area contributed by atoms with Gasteiger partial charge in [-0.2, -0.15) is 0 Å². The van der Waals surface area contributed by atoms with E-state index < -0.39 is 5.60 Å². The van der Waals surface area contributed by atoms with Crippen molar-refractivity contribution >= 4 is 5.97 Å². The lowest BCUT2D eigenvalue weighted by atomic mass is 9.69. The lowest BCUT2D eigenvalue weighted by Crippen LogP contribution is -2.66. The first kappa shape index (κ1) is 22.7. The molecule has 186 valence electrons. The van der Waals surface area contributed by atoms with Crippen molar-refractivity contribution in [1.29, 1.82) is 0 Å². The normalized spacial score (nSPS) is 42.6. The van der Waals surface area contributed by atoms with Crippen molar-refractivity contribution < 1.29 is 24.1 Å². The van der Waals surface area contributed by atoms with Crippen molar-refractivity contribution in [2.75, 3.05) is 7.11 Å². The number of hydrogen-bond acceptors (Lipinski definition) is 6. The first-order valence-corrected chi connectivity index (χ1v) is 13.5. The average molecular weight is 470 g/mol. The highest BCUT2D eigenvalue weighted by Gasteiger charge is 2.56. The molecule has 4 fully saturated rings. The topological polar surface area (TPSA) is 68.2 Å². The number of allylic oxidation sites excluding steroid dienone is 1. The molecule has 6 nitrogen and oxygen atoms in total. The number of methoxy groups -OCH3 is 1. The summed E-state index contributed by atoms with van der Waals surface area (Å²) in [5, 5.41) is 12.1. The van der Waals surface area contributed by atoms with Crippen LogP contribution in [0.1, 0.15) is 84.5 Å². The molecule has 34 heavy (non-hydrogen) atoms. The molecule has 0 radical (unpaired) electrons. The van der Waals surface area contributed by atoms with Crippen LogP contribution in [0.3, 0.4) is 0 Å². The lowest BCUT2D eigenvalue weighted by Gasteiger charge is -2.57. The molecule has 6 atom stereocenters. The number of aliphatic hydroxyl groups is 1. The van der Waals surface area contributed by atoms with Crippen LogP contribution in [0.25, 0.3) is 0 Å². The molecular weight excluding hydrogens is 430 g/mol. The Bertz CT molecular complexity index is 960. The Morgan fingerprint density at radius 1 is 1.15 bits per heavy atom. The summed E-state index contributed by atoms with van der Waals surface area (Å²) in [6.45, 7) is 3.93. The predicted octanol–water partition coefficient (Wildman–Crippen LogP) is 4.94. The Balaban J connectivity index is 1.33. The minimum atomic E-state index is -0.567. The zero-order valence-electron chi connectivity index (χ0n) is 20.8. The van der Waals surface area contributed by atoms with Crippen LogP contribution in [0.4, 0.5) is 0 Å². The van der Waals surface area contributed by atoms with Crippen LogP contribution in [-0.2, 0) is 19.0 Å². The summed E-state index contributed by atoms with van der Waals surface area (Å²) in [7, 11) is 1.58. The zero-order valence-corrected chi connectivity index (χ0v) is 20.8. The quantitative estimate of drug-likeness (QED) is 0.591. The molecule has 6 unspecified atom stereocenters. The largest absolute Gasteiger partial charge is 0.492 e. The molecule has 1 aliphatic carbocycles. The summed E-state index contributed by atoms with van der Waals surface area (Å²) in [5.74, 6) is 3.30. The highest BCUT2D eigenvalue weighted by Crippen LogP contribution is 2.53. The highest BCUT2D eigenvalue weighted by atomic mass is 16.6. The number of carbonyl (C=O) groups excluding carboxylic acids is 1. The van der Waals surface area contributed by atoms with Gasteiger partial charge in [-0.25, -0.2) is 4.79 Å². The summed E-state index contributed by atoms with van der Waals surface area (Å²) >= 11 is 0. The Hall–Kier alpha value is -1.79. The Labute approximate surface area is 203 Å². The first-order valence-electron chi connectivity index (χ1n) is 13.5. The van der Waals surface area contributed by atoms with Crippen LogP contribution in [0, 0.1) is 17.8 Å². The lowest BCUT2D eigenvalue weighted by molar-refractivity contribution is -0.148. The number of hydrogen-bond donors (Lipinski definition) is 1. The van der Waals surface area contributed by atoms with Crippen molar-refractivity contribution in [3.05, 3.63) is 34.7 Å². The standard InChI is InChI=1S/C28H39NO5/c1-16-23-20-9-6-10-22-28(31,15-18-7-4-5-8-18)14-13-19(29(20)22)11-12-21(23)33-25(16)26-24(32-3)17(2)27(30)34-26/h12,16,18-20,22-23,31H,4-11,13-15H2,1-3H3. The van der Waals surface area contributed by atoms with Gasteiger partial charge in [-0.15, -0.1) is 0 Å². The third-order valence-electron chi connectivity index (χ3n) is 9.78. The van der Waals surface area contributed by atoms with Gasteiger partial charge in [0.2, 0.25) is 5.76 Å². The summed E-state index contributed by atoms with van der Waals surface area (Å²) in [5.41, 5.74) is -0.0735. The fourth-order valence-corrected chi connectivity index (χ4v) is 8.20. The van der Waals surface area contributed by atoms with Gasteiger partial charge in [0.25, 0.3) is 0 Å². The maximum atomic E-state index is 12.3. The second-order valence-electron chi connectivity index (χ2n) is 11.6. The highest BCUT2D eigenvalue weighted by molar-refractivity contribution is 5.93. The number of esters is 1. The van der Waals surface area contributed by atoms with E-state index in [4.69, 9.17) is 14.2 Å². The van der Waals surface area contributed by atoms with E-state index >= 15 is 0 Å². The van der Waals surface area contributed by atoms with Gasteiger partial charge < -0.3 is 19.3 Å². The van der Waals surface area contributed by atoms with Gasteiger partial charge in [0.05, 0.1) is 18.3 Å². The monoisotopic (exact) mass is 469 g/mol. The smallest absolute Gasteiger partial charge is 0.343 e. The van der Waals surface area contributed by atoms with Gasteiger partial charge in [-0.1, -0.05) is 39.0 Å². The Kier molecular flexibility index (Phi) is 5.60. The minimum Gasteiger partial charge on any atom is -0.492 e. The van der Waals surface area contributed by atoms with Gasteiger partial charge in [0, 0.05) is 30.0 Å². The maximum Gasteiger partial charge on any atom is 0.343 e. The van der Waals surface area contributed by atoms with E-state index in [1.165, 1.54) is 25.7 Å². The summed E-state index contributed by atoms with van der Waals surface area (Å²) in [6, 6.07) is 1.06. The molecule has 0 aromatic heterocycles. The number of ether oxygens (including phenoxy) is 3. The average Bonchev–Trinajstić information content (AvgIpc) is 3.49. The molecule has 0 amide bonds. The minimum absolute atomic E-state index is 0.0810. The molecule has 1 N–H and O–H groups in total. The third kappa shape index (κ3) is 3.39. The first-order chi connectivity index (χ1) is 16.4. The molecular formula is C28H39NO5. The number of nitrogens with zero attached hydrogens (tertiary/aromatic N) is 1. The van der Waals surface area contributed by atoms with Gasteiger partial charge in [0.15, 0.2) is 11.5 Å². The van der Waals surface area contributed by atoms with E-state index in [2.05, 4.69) is 17.9 Å². The molecule has 0 bridgehead atoms. The Morgan fingerprint density at radius 2 is 1.94 bits per heavy atom. The summed E-state index contributed by atoms with van der Waals surface area (Å²) in [4.78, 5) is 15.0. The molecule has 6 aliphatic rings. The Morgan fingerprint density at radius 3 is 2.71 bits per heavy atom. The van der Waals surface area contributed by atoms with Gasteiger partial charge in [-0.3, -0.25) is 4.90 Å². The van der Waals surface area contributed by atoms with E-state index in [9.17, 15) is 9.90 Å². The summed E-state index contributed by atoms with van der Waals surface area (Å²) < 4.78 is 17.6. The van der Waals surface area contributed by atoms with Crippen LogP contribution in [0.2, 0.25) is 0 Å². The molecule has 1 saturated carbocycles. The fourth-order valence-electron chi connectivity index (χ4n) is 8.20. The molecule has 0 aromatic carbocycles. The number of rotatable bonds is 3. The fraction of sp³-hybridized carbons (Fsp3) is 0.750. The third-order valence-corrected chi connectivity index (χ3v) is 9.78. The SMILES string of the molecule is COC1=C(C)C(=O)OC1=C1OC2=CCC3CCC(O)(CC4CCCC4)C4CCCC(C2C1C)N34. The van der Waals surface area contributed by atoms with Gasteiger partial charge in [0.1, 0.15) is 5.76 Å². The molecule has 5 heterocycles. The van der Waals surface area contributed by atoms with E-state index in [1.807, 2.05) is 0 Å². The van der Waals surface area contributed by atoms with E-state index in [0.717, 1.165) is 56.5 Å². The number of cyclic esters (lactones) is 1. The number of piperidine rings is 2. The maximum absolute atomic E-state index is 12.3. The van der Waals surface area contributed by atoms with E-state index in [0.29, 0.717) is 35.1 Å². The molecule has 5 aliphatic heterocycles. The molecule has 3 saturated heterocycles. The van der Waals surface area contributed by atoms with Crippen molar-refractivity contribution in [2.24, 2.45) is 17.8 Å². The zero-order chi connectivity index (χ0) is 23.6. The molecule has 0 spiro atoms. The van der Waals surface area contributed by atoms with Crippen LogP contribution in [0.5, 0.6) is 0 Å². The molecule has 6 heteroatoms. The van der Waals surface area contributed by atoms with Crippen molar-refractivity contribution in [3.8, 4) is 0 Å². The van der Waals surface area contributed by atoms with Gasteiger partial charge >= 0.3 is 5.97 Å². The van der Waals surface area contributed by atoms with Crippen LogP contribution in [-0.4, -0.2) is 46.8 Å². The van der Waals surface area contributed by atoms with E-state index in [-0.39, 0.29) is 23.8 Å². The second-order valence-corrected chi connectivity index (χ2v) is 11.6. The van der Waals surface area contributed by atoms with Crippen LogP contribution >= 0.6 is 0 Å². The van der Waals surface area contributed by atoms with Crippen LogP contribution < -0.4 is 0 Å². The predicted molar refractivity (Wildman–Crippen MR) is 127 cm³/mol.